The van der Waals surface area contributed by atoms with Crippen molar-refractivity contribution in [2.75, 3.05) is 0 Å². The van der Waals surface area contributed by atoms with E-state index in [2.05, 4.69) is 0 Å². The smallest absolute Gasteiger partial charge is 0.283 e. The first-order chi connectivity index (χ1) is 13.5. The fourth-order valence-electron chi connectivity index (χ4n) is 3.18. The molecule has 0 amide bonds. The molecule has 0 bridgehead atoms. The van der Waals surface area contributed by atoms with Gasteiger partial charge in [-0.1, -0.05) is 70.7 Å². The summed E-state index contributed by atoms with van der Waals surface area (Å²) in [6, 6.07) is 11.6. The van der Waals surface area contributed by atoms with Crippen LogP contribution in [0.4, 0.5) is 0 Å². The zero-order valence-electron chi connectivity index (χ0n) is 14.3. The average Bonchev–Trinajstić information content (AvgIpc) is 2.63. The monoisotopic (exact) mass is 492 g/mol. The maximum Gasteiger partial charge on any atom is 0.283 e. The summed E-state index contributed by atoms with van der Waals surface area (Å²) in [6.07, 6.45) is 0. The second-order valence-electron chi connectivity index (χ2n) is 6.08. The molecule has 152 valence electrons. The van der Waals surface area contributed by atoms with Gasteiger partial charge in [-0.05, 0) is 35.9 Å². The molecule has 0 saturated heterocycles. The molecular weight excluding hydrogens is 482 g/mol. The Morgan fingerprint density at radius 1 is 0.759 bits per heavy atom. The first-order valence-electron chi connectivity index (χ1n) is 7.89. The van der Waals surface area contributed by atoms with Gasteiger partial charge in [-0.25, -0.2) is 0 Å². The van der Waals surface area contributed by atoms with Crippen molar-refractivity contribution < 1.29 is 23.2 Å². The lowest BCUT2D eigenvalue weighted by Crippen LogP contribution is -2.38. The highest BCUT2D eigenvalue weighted by Gasteiger charge is 2.51. The van der Waals surface area contributed by atoms with E-state index in [0.717, 1.165) is 6.07 Å². The van der Waals surface area contributed by atoms with Gasteiger partial charge in [-0.3, -0.25) is 4.55 Å². The fraction of sp³-hybridized carbons (Fsp3) is 0.0526. The highest BCUT2D eigenvalue weighted by Crippen LogP contribution is 2.51. The van der Waals surface area contributed by atoms with Crippen LogP contribution in [0.3, 0.4) is 0 Å². The second-order valence-corrected chi connectivity index (χ2v) is 9.30. The number of phenolic OH excluding ortho intramolecular Hbond substituents is 2. The molecular formula is C19H12Cl4O5S. The molecule has 3 rings (SSSR count). The predicted molar refractivity (Wildman–Crippen MR) is 114 cm³/mol. The van der Waals surface area contributed by atoms with E-state index >= 15 is 0 Å². The molecule has 3 N–H and O–H groups in total. The number of hydrogen-bond donors (Lipinski definition) is 3. The molecule has 1 unspecified atom stereocenters. The van der Waals surface area contributed by atoms with Crippen LogP contribution in [-0.2, 0) is 14.9 Å². The molecule has 0 radical (unpaired) electrons. The van der Waals surface area contributed by atoms with Crippen LogP contribution >= 0.6 is 46.4 Å². The molecule has 0 spiro atoms. The lowest BCUT2D eigenvalue weighted by Gasteiger charge is -2.34. The molecule has 10 heteroatoms. The topological polar surface area (TPSA) is 94.8 Å². The van der Waals surface area contributed by atoms with Crippen LogP contribution < -0.4 is 0 Å². The van der Waals surface area contributed by atoms with Crippen LogP contribution in [0.1, 0.15) is 16.7 Å². The normalized spacial score (nSPS) is 13.8. The van der Waals surface area contributed by atoms with Crippen molar-refractivity contribution in [2.24, 2.45) is 0 Å². The zero-order valence-corrected chi connectivity index (χ0v) is 18.1. The minimum atomic E-state index is -5.09. The third-order valence-corrected chi connectivity index (χ3v) is 7.16. The summed E-state index contributed by atoms with van der Waals surface area (Å²) in [5.41, 5.74) is -0.535. The molecule has 0 aliphatic rings. The molecule has 0 aliphatic heterocycles. The van der Waals surface area contributed by atoms with Crippen molar-refractivity contribution in [3.8, 4) is 11.5 Å². The number of aromatic hydroxyl groups is 2. The minimum absolute atomic E-state index is 0.00871. The molecule has 1 atom stereocenters. The Morgan fingerprint density at radius 2 is 1.34 bits per heavy atom. The Morgan fingerprint density at radius 3 is 1.93 bits per heavy atom. The van der Waals surface area contributed by atoms with Gasteiger partial charge < -0.3 is 10.2 Å². The third-order valence-electron chi connectivity index (χ3n) is 4.42. The van der Waals surface area contributed by atoms with E-state index in [9.17, 15) is 23.2 Å². The Balaban J connectivity index is 2.61. The summed E-state index contributed by atoms with van der Waals surface area (Å²) in [4.78, 5) is 0. The van der Waals surface area contributed by atoms with Crippen molar-refractivity contribution in [3.05, 3.63) is 91.4 Å². The molecule has 0 saturated carbocycles. The molecule has 0 heterocycles. The third kappa shape index (κ3) is 3.65. The van der Waals surface area contributed by atoms with Gasteiger partial charge >= 0.3 is 0 Å². The van der Waals surface area contributed by atoms with Crippen LogP contribution in [0.5, 0.6) is 11.5 Å². The molecule has 0 aromatic heterocycles. The van der Waals surface area contributed by atoms with Gasteiger partial charge in [0.1, 0.15) is 0 Å². The predicted octanol–water partition coefficient (Wildman–Crippen LogP) is 5.89. The quantitative estimate of drug-likeness (QED) is 0.182. The van der Waals surface area contributed by atoms with Crippen LogP contribution in [0.15, 0.2) is 54.6 Å². The van der Waals surface area contributed by atoms with E-state index in [-0.39, 0.29) is 31.8 Å². The van der Waals surface area contributed by atoms with Gasteiger partial charge in [0.2, 0.25) is 0 Å². The Labute approximate surface area is 186 Å². The van der Waals surface area contributed by atoms with E-state index in [1.165, 1.54) is 48.5 Å². The second kappa shape index (κ2) is 7.87. The van der Waals surface area contributed by atoms with E-state index in [1.807, 2.05) is 0 Å². The fourth-order valence-corrected chi connectivity index (χ4v) is 5.37. The van der Waals surface area contributed by atoms with Crippen LogP contribution in [-0.4, -0.2) is 23.2 Å². The van der Waals surface area contributed by atoms with Gasteiger partial charge in [0.05, 0.1) is 10.0 Å². The van der Waals surface area contributed by atoms with E-state index in [0.29, 0.717) is 5.02 Å². The maximum atomic E-state index is 12.9. The van der Waals surface area contributed by atoms with Crippen LogP contribution in [0, 0.1) is 0 Å². The Kier molecular flexibility index (Phi) is 5.98. The first kappa shape index (κ1) is 22.0. The zero-order chi connectivity index (χ0) is 21.6. The number of hydrogen-bond acceptors (Lipinski definition) is 4. The van der Waals surface area contributed by atoms with Crippen LogP contribution in [0.2, 0.25) is 20.1 Å². The lowest BCUT2D eigenvalue weighted by molar-refractivity contribution is 0.393. The average molecular weight is 494 g/mol. The summed E-state index contributed by atoms with van der Waals surface area (Å²) in [6.45, 7) is 0. The molecule has 0 aliphatic carbocycles. The summed E-state index contributed by atoms with van der Waals surface area (Å²) in [7, 11) is -5.09. The maximum absolute atomic E-state index is 12.9. The standard InChI is InChI=1S/C19H12Cl4O5S/c20-11-6-4-10(5-7-11)19(29(26,27)28,12-2-1-3-17(24)18(12)25)13-8-15(22)16(23)9-14(13)21/h1-9,24-25H,(H,26,27,28). The molecule has 5 nitrogen and oxygen atoms in total. The SMILES string of the molecule is O=S(=O)(O)C(c1ccc(Cl)cc1)(c1cc(Cl)c(Cl)cc1Cl)c1cccc(O)c1O. The Hall–Kier alpha value is -1.67. The Bertz CT molecular complexity index is 1200. The van der Waals surface area contributed by atoms with Crippen LogP contribution in [0.25, 0.3) is 0 Å². The molecule has 29 heavy (non-hydrogen) atoms. The molecule has 3 aromatic rings. The number of halogens is 4. The van der Waals surface area contributed by atoms with Gasteiger partial charge in [-0.15, -0.1) is 0 Å². The van der Waals surface area contributed by atoms with Gasteiger partial charge in [0.25, 0.3) is 10.1 Å². The van der Waals surface area contributed by atoms with Crippen molar-refractivity contribution in [1.29, 1.82) is 0 Å². The number of rotatable bonds is 4. The van der Waals surface area contributed by atoms with Gasteiger partial charge in [-0.2, -0.15) is 8.42 Å². The summed E-state index contributed by atoms with van der Waals surface area (Å²) in [5, 5.41) is 20.7. The van der Waals surface area contributed by atoms with E-state index in [4.69, 9.17) is 46.4 Å². The van der Waals surface area contributed by atoms with Crippen molar-refractivity contribution in [1.82, 2.24) is 0 Å². The van der Waals surface area contributed by atoms with E-state index < -0.39 is 26.4 Å². The largest absolute Gasteiger partial charge is 0.504 e. The summed E-state index contributed by atoms with van der Waals surface area (Å²) in [5.74, 6) is -1.36. The first-order valence-corrected chi connectivity index (χ1v) is 10.8. The molecule has 0 fully saturated rings. The van der Waals surface area contributed by atoms with Crippen molar-refractivity contribution in [2.45, 2.75) is 4.75 Å². The highest BCUT2D eigenvalue weighted by molar-refractivity contribution is 7.87. The number of phenols is 2. The number of benzene rings is 3. The van der Waals surface area contributed by atoms with E-state index in [1.54, 1.807) is 0 Å². The summed E-state index contributed by atoms with van der Waals surface area (Å²) >= 11 is 24.4. The highest BCUT2D eigenvalue weighted by atomic mass is 35.5. The van der Waals surface area contributed by atoms with Gasteiger partial charge in [0.15, 0.2) is 16.2 Å². The molecule has 3 aromatic carbocycles. The summed E-state index contributed by atoms with van der Waals surface area (Å²) < 4.78 is 33.9. The number of para-hydroxylation sites is 1. The van der Waals surface area contributed by atoms with Crippen molar-refractivity contribution >= 4 is 56.5 Å². The van der Waals surface area contributed by atoms with Crippen molar-refractivity contribution in [3.63, 3.8) is 0 Å². The lowest BCUT2D eigenvalue weighted by atomic mass is 9.83. The van der Waals surface area contributed by atoms with Gasteiger partial charge in [0, 0.05) is 21.2 Å². The minimum Gasteiger partial charge on any atom is -0.504 e.